The summed E-state index contributed by atoms with van der Waals surface area (Å²) in [4.78, 5) is 0. The highest BCUT2D eigenvalue weighted by Crippen LogP contribution is 2.36. The van der Waals surface area contributed by atoms with Crippen molar-refractivity contribution in [2.75, 3.05) is 0 Å². The quantitative estimate of drug-likeness (QED) is 0.671. The van der Waals surface area contributed by atoms with Crippen molar-refractivity contribution in [1.82, 2.24) is 0 Å². The van der Waals surface area contributed by atoms with Crippen molar-refractivity contribution in [2.45, 2.75) is 38.5 Å². The summed E-state index contributed by atoms with van der Waals surface area (Å²) in [6.07, 6.45) is 17.3. The minimum Gasteiger partial charge on any atom is -0.0836 e. The maximum Gasteiger partial charge on any atom is 0.00905 e. The average molecular weight is 260 g/mol. The van der Waals surface area contributed by atoms with E-state index in [9.17, 15) is 0 Å². The van der Waals surface area contributed by atoms with E-state index in [0.29, 0.717) is 0 Å². The second-order valence-corrected chi connectivity index (χ2v) is 6.60. The van der Waals surface area contributed by atoms with E-state index in [1.165, 1.54) is 34.4 Å². The number of benzene rings is 1. The maximum absolute atomic E-state index is 2.51. The molecule has 0 bridgehead atoms. The number of allylic oxidation sites excluding steroid dienone is 6. The van der Waals surface area contributed by atoms with Gasteiger partial charge in [0.15, 0.2) is 0 Å². The van der Waals surface area contributed by atoms with Gasteiger partial charge in [-0.2, -0.15) is 0 Å². The first-order valence-electron chi connectivity index (χ1n) is 7.59. The monoisotopic (exact) mass is 260 g/mol. The van der Waals surface area contributed by atoms with Gasteiger partial charge in [0, 0.05) is 5.41 Å². The van der Waals surface area contributed by atoms with Gasteiger partial charge in [-0.15, -0.1) is 0 Å². The van der Waals surface area contributed by atoms with E-state index in [1.807, 2.05) is 0 Å². The highest BCUT2D eigenvalue weighted by Gasteiger charge is 2.29. The van der Waals surface area contributed by atoms with Crippen LogP contribution in [0.25, 0.3) is 11.6 Å². The fourth-order valence-electron chi connectivity index (χ4n) is 3.96. The number of hydrogen-bond donors (Lipinski definition) is 0. The summed E-state index contributed by atoms with van der Waals surface area (Å²) in [5, 5.41) is 2.86. The van der Waals surface area contributed by atoms with Crippen molar-refractivity contribution < 1.29 is 0 Å². The summed E-state index contributed by atoms with van der Waals surface area (Å²) in [5.74, 6) is 0. The molecule has 3 aliphatic carbocycles. The van der Waals surface area contributed by atoms with Gasteiger partial charge in [-0.1, -0.05) is 62.4 Å². The smallest absolute Gasteiger partial charge is 0.00905 e. The van der Waals surface area contributed by atoms with E-state index < -0.39 is 0 Å². The Morgan fingerprint density at radius 1 is 1.10 bits per heavy atom. The molecule has 3 aliphatic rings. The van der Waals surface area contributed by atoms with Gasteiger partial charge in [0.25, 0.3) is 0 Å². The molecule has 0 amide bonds. The van der Waals surface area contributed by atoms with Gasteiger partial charge in [0.1, 0.15) is 0 Å². The average Bonchev–Trinajstić information content (AvgIpc) is 2.46. The highest BCUT2D eigenvalue weighted by atomic mass is 14.3. The molecule has 0 heteroatoms. The lowest BCUT2D eigenvalue weighted by atomic mass is 9.71. The van der Waals surface area contributed by atoms with Crippen LogP contribution in [0, 0.1) is 0 Å². The van der Waals surface area contributed by atoms with Crippen LogP contribution in [0.3, 0.4) is 0 Å². The van der Waals surface area contributed by atoms with Crippen LogP contribution >= 0.6 is 0 Å². The Balaban J connectivity index is 2.17. The lowest BCUT2D eigenvalue weighted by Crippen LogP contribution is -2.36. The van der Waals surface area contributed by atoms with Gasteiger partial charge in [-0.25, -0.2) is 0 Å². The van der Waals surface area contributed by atoms with Crippen molar-refractivity contribution in [3.8, 4) is 0 Å². The van der Waals surface area contributed by atoms with E-state index in [-0.39, 0.29) is 5.41 Å². The van der Waals surface area contributed by atoms with Crippen molar-refractivity contribution in [2.24, 2.45) is 0 Å². The zero-order chi connectivity index (χ0) is 13.7. The Morgan fingerprint density at radius 3 is 2.90 bits per heavy atom. The Bertz CT molecular complexity index is 795. The van der Waals surface area contributed by atoms with E-state index in [4.69, 9.17) is 0 Å². The summed E-state index contributed by atoms with van der Waals surface area (Å²) in [5.41, 5.74) is 6.21. The summed E-state index contributed by atoms with van der Waals surface area (Å²) in [6.45, 7) is 4.74. The first kappa shape index (κ1) is 12.0. The molecule has 0 spiro atoms. The topological polar surface area (TPSA) is 0 Å². The zero-order valence-electron chi connectivity index (χ0n) is 12.2. The first-order valence-corrected chi connectivity index (χ1v) is 7.59. The van der Waals surface area contributed by atoms with E-state index >= 15 is 0 Å². The Kier molecular flexibility index (Phi) is 2.44. The zero-order valence-corrected chi connectivity index (χ0v) is 12.2. The molecule has 20 heavy (non-hydrogen) atoms. The maximum atomic E-state index is 2.51. The van der Waals surface area contributed by atoms with Crippen LogP contribution < -0.4 is 10.4 Å². The fourth-order valence-corrected chi connectivity index (χ4v) is 3.96. The van der Waals surface area contributed by atoms with E-state index in [1.54, 1.807) is 11.1 Å². The molecule has 0 saturated carbocycles. The third kappa shape index (κ3) is 1.61. The second-order valence-electron chi connectivity index (χ2n) is 6.60. The summed E-state index contributed by atoms with van der Waals surface area (Å²) >= 11 is 0. The second kappa shape index (κ2) is 4.09. The van der Waals surface area contributed by atoms with Gasteiger partial charge >= 0.3 is 0 Å². The molecule has 0 radical (unpaired) electrons. The summed E-state index contributed by atoms with van der Waals surface area (Å²) < 4.78 is 0. The minimum absolute atomic E-state index is 0.143. The molecule has 4 rings (SSSR count). The molecule has 100 valence electrons. The molecule has 1 aromatic carbocycles. The molecule has 0 saturated heterocycles. The molecule has 0 aliphatic heterocycles. The van der Waals surface area contributed by atoms with Crippen LogP contribution in [0.1, 0.15) is 37.8 Å². The SMILES string of the molecule is CC1(C)C=C2CCC=CC2=c2ccc3c(c21)CC=CC=3. The molecule has 0 heterocycles. The van der Waals surface area contributed by atoms with Crippen LogP contribution in [0.4, 0.5) is 0 Å². The largest absolute Gasteiger partial charge is 0.0836 e. The lowest BCUT2D eigenvalue weighted by molar-refractivity contribution is 0.641. The van der Waals surface area contributed by atoms with Gasteiger partial charge in [0.05, 0.1) is 0 Å². The van der Waals surface area contributed by atoms with Crippen molar-refractivity contribution in [3.63, 3.8) is 0 Å². The number of rotatable bonds is 0. The van der Waals surface area contributed by atoms with Gasteiger partial charge in [-0.05, 0) is 52.0 Å². The molecule has 1 aromatic rings. The first-order chi connectivity index (χ1) is 9.67. The Hall–Kier alpha value is -1.82. The van der Waals surface area contributed by atoms with Crippen molar-refractivity contribution in [1.29, 1.82) is 0 Å². The van der Waals surface area contributed by atoms with Crippen LogP contribution in [-0.2, 0) is 11.8 Å². The van der Waals surface area contributed by atoms with Crippen LogP contribution in [0.2, 0.25) is 0 Å². The normalized spacial score (nSPS) is 21.5. The predicted molar refractivity (Wildman–Crippen MR) is 85.9 cm³/mol. The third-order valence-corrected chi connectivity index (χ3v) is 4.76. The minimum atomic E-state index is 0.143. The third-order valence-electron chi connectivity index (χ3n) is 4.76. The Morgan fingerprint density at radius 2 is 2.00 bits per heavy atom. The summed E-state index contributed by atoms with van der Waals surface area (Å²) in [7, 11) is 0. The molecule has 0 atom stereocenters. The van der Waals surface area contributed by atoms with E-state index in [0.717, 1.165) is 6.42 Å². The van der Waals surface area contributed by atoms with Crippen LogP contribution in [-0.4, -0.2) is 0 Å². The van der Waals surface area contributed by atoms with Crippen LogP contribution in [0.5, 0.6) is 0 Å². The number of hydrogen-bond acceptors (Lipinski definition) is 0. The molecule has 0 N–H and O–H groups in total. The van der Waals surface area contributed by atoms with Crippen molar-refractivity contribution >= 4 is 11.6 Å². The van der Waals surface area contributed by atoms with Crippen LogP contribution in [0.15, 0.2) is 48.1 Å². The lowest BCUT2D eigenvalue weighted by Gasteiger charge is -2.33. The molecule has 0 aromatic heterocycles. The molecule has 0 nitrogen and oxygen atoms in total. The van der Waals surface area contributed by atoms with Gasteiger partial charge in [-0.3, -0.25) is 0 Å². The Labute approximate surface area is 120 Å². The molecule has 0 fully saturated rings. The predicted octanol–water partition coefficient (Wildman–Crippen LogP) is 3.30. The number of fused-ring (bicyclic) bond motifs is 4. The molecular weight excluding hydrogens is 240 g/mol. The van der Waals surface area contributed by atoms with E-state index in [2.05, 4.69) is 62.4 Å². The highest BCUT2D eigenvalue weighted by molar-refractivity contribution is 5.78. The van der Waals surface area contributed by atoms with Crippen molar-refractivity contribution in [3.05, 3.63) is 69.7 Å². The summed E-state index contributed by atoms with van der Waals surface area (Å²) in [6, 6.07) is 4.63. The fraction of sp³-hybridized carbons (Fsp3) is 0.300. The molecular formula is C20H20. The van der Waals surface area contributed by atoms with Gasteiger partial charge in [0.2, 0.25) is 0 Å². The van der Waals surface area contributed by atoms with Gasteiger partial charge < -0.3 is 0 Å². The standard InChI is InChI=1S/C20H20/c1-20(2)13-15-8-4-5-9-16(15)18-12-11-14-7-3-6-10-17(14)19(18)20/h3,5-7,9,11-13H,4,8,10H2,1-2H3. The molecule has 0 unspecified atom stereocenters.